The van der Waals surface area contributed by atoms with Crippen molar-refractivity contribution in [1.82, 2.24) is 4.90 Å². The summed E-state index contributed by atoms with van der Waals surface area (Å²) in [5.41, 5.74) is 1.47. The first-order valence-electron chi connectivity index (χ1n) is 7.20. The van der Waals surface area contributed by atoms with Crippen LogP contribution in [0.2, 0.25) is 0 Å². The summed E-state index contributed by atoms with van der Waals surface area (Å²) in [5, 5.41) is 8.70. The molecule has 0 aromatic heterocycles. The highest BCUT2D eigenvalue weighted by molar-refractivity contribution is 5.38. The molecule has 1 aromatic carbocycles. The van der Waals surface area contributed by atoms with Crippen molar-refractivity contribution >= 4 is 0 Å². The fourth-order valence-electron chi connectivity index (χ4n) is 2.31. The van der Waals surface area contributed by atoms with Crippen molar-refractivity contribution in [2.75, 3.05) is 13.7 Å². The van der Waals surface area contributed by atoms with Crippen LogP contribution < -0.4 is 0 Å². The molecule has 20 heavy (non-hydrogen) atoms. The number of hydrogen-bond donors (Lipinski definition) is 1. The average Bonchev–Trinajstić information content (AvgIpc) is 2.44. The summed E-state index contributed by atoms with van der Waals surface area (Å²) in [7, 11) is 2.10. The van der Waals surface area contributed by atoms with Gasteiger partial charge in [-0.2, -0.15) is 0 Å². The second-order valence-electron chi connectivity index (χ2n) is 4.98. The summed E-state index contributed by atoms with van der Waals surface area (Å²) in [4.78, 5) is 2.29. The van der Waals surface area contributed by atoms with Crippen LogP contribution in [0.3, 0.4) is 0 Å². The Bertz CT molecular complexity index is 472. The fraction of sp³-hybridized carbons (Fsp3) is 0.529. The van der Waals surface area contributed by atoms with Crippen molar-refractivity contribution in [3.05, 3.63) is 35.1 Å². The number of aliphatic hydroxyl groups excluding tert-OH is 1. The molecule has 0 aliphatic rings. The summed E-state index contributed by atoms with van der Waals surface area (Å²) in [5.74, 6) is 5.24. The maximum Gasteiger partial charge on any atom is 0.138 e. The molecule has 0 spiro atoms. The molecule has 1 N–H and O–H groups in total. The molecule has 0 amide bonds. The van der Waals surface area contributed by atoms with Gasteiger partial charge in [0.2, 0.25) is 0 Å². The average molecular weight is 277 g/mol. The van der Waals surface area contributed by atoms with Crippen LogP contribution in [0.5, 0.6) is 0 Å². The SMILES string of the molecule is CCC(CC)N(C)Cc1ccc(F)c(C#CCCO)c1. The molecule has 0 bridgehead atoms. The summed E-state index contributed by atoms with van der Waals surface area (Å²) < 4.78 is 13.6. The van der Waals surface area contributed by atoms with Gasteiger partial charge in [-0.1, -0.05) is 31.8 Å². The lowest BCUT2D eigenvalue weighted by Gasteiger charge is -2.26. The van der Waals surface area contributed by atoms with Crippen molar-refractivity contribution in [3.8, 4) is 11.8 Å². The van der Waals surface area contributed by atoms with E-state index in [0.717, 1.165) is 24.9 Å². The number of nitrogens with zero attached hydrogens (tertiary/aromatic N) is 1. The Hall–Kier alpha value is -1.37. The van der Waals surface area contributed by atoms with Crippen molar-refractivity contribution in [3.63, 3.8) is 0 Å². The van der Waals surface area contributed by atoms with E-state index in [-0.39, 0.29) is 12.4 Å². The van der Waals surface area contributed by atoms with E-state index >= 15 is 0 Å². The monoisotopic (exact) mass is 277 g/mol. The Labute approximate surface area is 121 Å². The van der Waals surface area contributed by atoms with Gasteiger partial charge in [-0.25, -0.2) is 4.39 Å². The van der Waals surface area contributed by atoms with Crippen LogP contribution >= 0.6 is 0 Å². The van der Waals surface area contributed by atoms with E-state index in [0.29, 0.717) is 18.0 Å². The number of benzene rings is 1. The molecule has 0 heterocycles. The summed E-state index contributed by atoms with van der Waals surface area (Å²) in [6.45, 7) is 5.16. The maximum atomic E-state index is 13.6. The van der Waals surface area contributed by atoms with Gasteiger partial charge in [0.1, 0.15) is 5.82 Å². The zero-order valence-corrected chi connectivity index (χ0v) is 12.6. The Morgan fingerprint density at radius 2 is 2.00 bits per heavy atom. The molecule has 0 aliphatic heterocycles. The molecule has 0 fully saturated rings. The molecule has 0 aliphatic carbocycles. The van der Waals surface area contributed by atoms with Gasteiger partial charge in [-0.05, 0) is 37.6 Å². The Balaban J connectivity index is 2.82. The molecule has 1 aromatic rings. The van der Waals surface area contributed by atoms with Gasteiger partial charge in [0.05, 0.1) is 12.2 Å². The van der Waals surface area contributed by atoms with Crippen LogP contribution in [0.15, 0.2) is 18.2 Å². The van der Waals surface area contributed by atoms with Crippen molar-refractivity contribution < 1.29 is 9.50 Å². The Morgan fingerprint density at radius 3 is 2.60 bits per heavy atom. The van der Waals surface area contributed by atoms with E-state index in [4.69, 9.17) is 5.11 Å². The molecular formula is C17H24FNO. The standard InChI is InChI=1S/C17H24FNO/c1-4-16(5-2)19(3)13-14-9-10-17(18)15(12-14)8-6-7-11-20/h9-10,12,16,20H,4-5,7,11,13H2,1-3H3. The quantitative estimate of drug-likeness (QED) is 0.807. The van der Waals surface area contributed by atoms with Gasteiger partial charge in [0.25, 0.3) is 0 Å². The number of hydrogen-bond acceptors (Lipinski definition) is 2. The molecule has 110 valence electrons. The molecule has 0 saturated carbocycles. The third-order valence-electron chi connectivity index (χ3n) is 3.49. The van der Waals surface area contributed by atoms with Gasteiger partial charge in [0, 0.05) is 19.0 Å². The van der Waals surface area contributed by atoms with E-state index in [9.17, 15) is 4.39 Å². The molecule has 0 atom stereocenters. The minimum Gasteiger partial charge on any atom is -0.395 e. The lowest BCUT2D eigenvalue weighted by molar-refractivity contribution is 0.221. The molecular weight excluding hydrogens is 253 g/mol. The van der Waals surface area contributed by atoms with Crippen molar-refractivity contribution in [2.24, 2.45) is 0 Å². The highest BCUT2D eigenvalue weighted by Gasteiger charge is 2.11. The van der Waals surface area contributed by atoms with Gasteiger partial charge in [0.15, 0.2) is 0 Å². The first-order chi connectivity index (χ1) is 9.62. The highest BCUT2D eigenvalue weighted by atomic mass is 19.1. The normalized spacial score (nSPS) is 10.8. The van der Waals surface area contributed by atoms with Crippen molar-refractivity contribution in [1.29, 1.82) is 0 Å². The number of rotatable bonds is 6. The van der Waals surface area contributed by atoms with Gasteiger partial charge < -0.3 is 5.11 Å². The topological polar surface area (TPSA) is 23.5 Å². The largest absolute Gasteiger partial charge is 0.395 e. The molecule has 1 rings (SSSR count). The predicted molar refractivity (Wildman–Crippen MR) is 80.8 cm³/mol. The lowest BCUT2D eigenvalue weighted by Crippen LogP contribution is -2.30. The van der Waals surface area contributed by atoms with Gasteiger partial charge in [-0.15, -0.1) is 0 Å². The lowest BCUT2D eigenvalue weighted by atomic mass is 10.1. The van der Waals surface area contributed by atoms with Gasteiger partial charge in [-0.3, -0.25) is 4.90 Å². The zero-order chi connectivity index (χ0) is 15.0. The second-order valence-corrected chi connectivity index (χ2v) is 4.98. The molecule has 0 radical (unpaired) electrons. The maximum absolute atomic E-state index is 13.6. The van der Waals surface area contributed by atoms with E-state index in [1.807, 2.05) is 6.07 Å². The van der Waals surface area contributed by atoms with Gasteiger partial charge >= 0.3 is 0 Å². The van der Waals surface area contributed by atoms with E-state index in [1.165, 1.54) is 6.07 Å². The van der Waals surface area contributed by atoms with Crippen LogP contribution in [0.25, 0.3) is 0 Å². The summed E-state index contributed by atoms with van der Waals surface area (Å²) in [6, 6.07) is 5.63. The minimum absolute atomic E-state index is 0.00568. The Kier molecular flexibility index (Phi) is 7.28. The number of halogens is 1. The first kappa shape index (κ1) is 16.7. The highest BCUT2D eigenvalue weighted by Crippen LogP contribution is 2.14. The fourth-order valence-corrected chi connectivity index (χ4v) is 2.31. The molecule has 0 saturated heterocycles. The smallest absolute Gasteiger partial charge is 0.138 e. The predicted octanol–water partition coefficient (Wildman–Crippen LogP) is 3.18. The molecule has 2 nitrogen and oxygen atoms in total. The van der Waals surface area contributed by atoms with E-state index < -0.39 is 0 Å². The van der Waals surface area contributed by atoms with Crippen LogP contribution in [0.4, 0.5) is 4.39 Å². The van der Waals surface area contributed by atoms with Crippen LogP contribution in [-0.2, 0) is 6.54 Å². The molecule has 3 heteroatoms. The summed E-state index contributed by atoms with van der Waals surface area (Å²) >= 11 is 0. The third kappa shape index (κ3) is 4.96. The summed E-state index contributed by atoms with van der Waals surface area (Å²) in [6.07, 6.45) is 2.59. The minimum atomic E-state index is -0.302. The zero-order valence-electron chi connectivity index (χ0n) is 12.6. The van der Waals surface area contributed by atoms with E-state index in [1.54, 1.807) is 6.07 Å². The van der Waals surface area contributed by atoms with Crippen LogP contribution in [0.1, 0.15) is 44.2 Å². The van der Waals surface area contributed by atoms with Crippen LogP contribution in [0, 0.1) is 17.7 Å². The number of aliphatic hydroxyl groups is 1. The third-order valence-corrected chi connectivity index (χ3v) is 3.49. The van der Waals surface area contributed by atoms with E-state index in [2.05, 4.69) is 37.6 Å². The first-order valence-corrected chi connectivity index (χ1v) is 7.20. The molecule has 0 unspecified atom stereocenters. The van der Waals surface area contributed by atoms with Crippen molar-refractivity contribution in [2.45, 2.75) is 45.7 Å². The second kappa shape index (κ2) is 8.73. The van der Waals surface area contributed by atoms with Crippen LogP contribution in [-0.4, -0.2) is 29.7 Å². The Morgan fingerprint density at radius 1 is 1.30 bits per heavy atom.